The lowest BCUT2D eigenvalue weighted by molar-refractivity contribution is 0.317. The third-order valence-corrected chi connectivity index (χ3v) is 4.13. The number of aromatic nitrogens is 4. The maximum atomic E-state index is 5.64. The Hall–Kier alpha value is -3.41. The summed E-state index contributed by atoms with van der Waals surface area (Å²) in [6, 6.07) is 17.8. The summed E-state index contributed by atoms with van der Waals surface area (Å²) in [7, 11) is 0. The van der Waals surface area contributed by atoms with Crippen molar-refractivity contribution in [3.63, 3.8) is 0 Å². The van der Waals surface area contributed by atoms with E-state index in [2.05, 4.69) is 27.3 Å². The minimum Gasteiger partial charge on any atom is -0.494 e. The van der Waals surface area contributed by atoms with Crippen LogP contribution in [0.2, 0.25) is 0 Å². The van der Waals surface area contributed by atoms with Crippen LogP contribution in [0.15, 0.2) is 60.8 Å². The van der Waals surface area contributed by atoms with Crippen LogP contribution >= 0.6 is 0 Å². The lowest BCUT2D eigenvalue weighted by Gasteiger charge is -2.10. The minimum atomic E-state index is 0.686. The average Bonchev–Trinajstić information content (AvgIpc) is 3.12. The Kier molecular flexibility index (Phi) is 4.70. The highest BCUT2D eigenvalue weighted by atomic mass is 16.5. The van der Waals surface area contributed by atoms with Crippen LogP contribution in [0.25, 0.3) is 16.7 Å². The molecule has 2 heterocycles. The van der Waals surface area contributed by atoms with E-state index >= 15 is 0 Å². The van der Waals surface area contributed by atoms with Gasteiger partial charge in [0, 0.05) is 5.69 Å². The molecule has 0 bridgehead atoms. The molecule has 6 nitrogen and oxygen atoms in total. The molecule has 0 spiro atoms. The number of nitrogens with zero attached hydrogens (tertiary/aromatic N) is 4. The summed E-state index contributed by atoms with van der Waals surface area (Å²) in [5.41, 5.74) is 2.68. The fraction of sp³-hybridized carbons (Fsp3) is 0.190. The predicted octanol–water partition coefficient (Wildman–Crippen LogP) is 4.66. The molecule has 0 saturated carbocycles. The summed E-state index contributed by atoms with van der Waals surface area (Å²) < 4.78 is 7.47. The first-order chi connectivity index (χ1) is 13.2. The van der Waals surface area contributed by atoms with Gasteiger partial charge in [-0.3, -0.25) is 0 Å². The zero-order chi connectivity index (χ0) is 18.6. The van der Waals surface area contributed by atoms with Crippen LogP contribution in [0, 0.1) is 6.92 Å². The molecule has 136 valence electrons. The van der Waals surface area contributed by atoms with E-state index in [9.17, 15) is 0 Å². The maximum absolute atomic E-state index is 5.64. The second kappa shape index (κ2) is 7.45. The Morgan fingerprint density at radius 3 is 2.52 bits per heavy atom. The molecule has 1 N–H and O–H groups in total. The highest BCUT2D eigenvalue weighted by Gasteiger charge is 2.13. The standard InChI is InChI=1S/C21H21N5O/c1-3-13-27-18-11-9-16(10-12-18)25-20-19-14-22-26(17-7-5-4-6-8-17)21(19)24-15(2)23-20/h4-12,14H,3,13H2,1-2H3,(H,23,24,25). The number of fused-ring (bicyclic) bond motifs is 1. The van der Waals surface area contributed by atoms with E-state index in [0.29, 0.717) is 5.82 Å². The van der Waals surface area contributed by atoms with Crippen LogP contribution in [0.5, 0.6) is 5.75 Å². The van der Waals surface area contributed by atoms with E-state index in [1.54, 1.807) is 6.20 Å². The van der Waals surface area contributed by atoms with Crippen molar-refractivity contribution in [1.82, 2.24) is 19.7 Å². The number of hydrogen-bond donors (Lipinski definition) is 1. The summed E-state index contributed by atoms with van der Waals surface area (Å²) in [5, 5.41) is 8.76. The van der Waals surface area contributed by atoms with Crippen LogP contribution in [-0.2, 0) is 0 Å². The van der Waals surface area contributed by atoms with Crippen LogP contribution in [0.4, 0.5) is 11.5 Å². The fourth-order valence-electron chi connectivity index (χ4n) is 2.86. The van der Waals surface area contributed by atoms with Gasteiger partial charge in [-0.15, -0.1) is 0 Å². The van der Waals surface area contributed by atoms with Crippen LogP contribution < -0.4 is 10.1 Å². The minimum absolute atomic E-state index is 0.686. The molecular weight excluding hydrogens is 338 g/mol. The van der Waals surface area contributed by atoms with Gasteiger partial charge in [-0.25, -0.2) is 14.6 Å². The number of ether oxygens (including phenoxy) is 1. The number of nitrogens with one attached hydrogen (secondary N) is 1. The van der Waals surface area contributed by atoms with Crippen molar-refractivity contribution in [3.05, 3.63) is 66.6 Å². The van der Waals surface area contributed by atoms with Gasteiger partial charge in [0.25, 0.3) is 0 Å². The molecule has 6 heteroatoms. The first-order valence-electron chi connectivity index (χ1n) is 9.02. The summed E-state index contributed by atoms with van der Waals surface area (Å²) >= 11 is 0. The molecule has 0 amide bonds. The Bertz CT molecular complexity index is 1040. The van der Waals surface area contributed by atoms with Crippen LogP contribution in [0.1, 0.15) is 19.2 Å². The average molecular weight is 359 g/mol. The zero-order valence-corrected chi connectivity index (χ0v) is 15.4. The van der Waals surface area contributed by atoms with Gasteiger partial charge in [0.15, 0.2) is 5.65 Å². The molecule has 0 atom stereocenters. The molecule has 4 rings (SSSR count). The van der Waals surface area contributed by atoms with Crippen molar-refractivity contribution in [2.75, 3.05) is 11.9 Å². The summed E-state index contributed by atoms with van der Waals surface area (Å²) in [6.07, 6.45) is 2.78. The molecule has 0 saturated heterocycles. The fourth-order valence-corrected chi connectivity index (χ4v) is 2.86. The summed E-state index contributed by atoms with van der Waals surface area (Å²) in [6.45, 7) is 4.69. The molecule has 2 aromatic heterocycles. The molecule has 0 aliphatic rings. The van der Waals surface area contributed by atoms with Crippen molar-refractivity contribution in [3.8, 4) is 11.4 Å². The smallest absolute Gasteiger partial charge is 0.168 e. The largest absolute Gasteiger partial charge is 0.494 e. The lowest BCUT2D eigenvalue weighted by atomic mass is 10.3. The third-order valence-electron chi connectivity index (χ3n) is 4.13. The van der Waals surface area contributed by atoms with Gasteiger partial charge in [0.1, 0.15) is 17.4 Å². The van der Waals surface area contributed by atoms with Gasteiger partial charge in [-0.1, -0.05) is 25.1 Å². The SMILES string of the molecule is CCCOc1ccc(Nc2nc(C)nc3c2cnn3-c2ccccc2)cc1. The Morgan fingerprint density at radius 2 is 1.78 bits per heavy atom. The topological polar surface area (TPSA) is 64.9 Å². The number of rotatable bonds is 6. The predicted molar refractivity (Wildman–Crippen MR) is 107 cm³/mol. The van der Waals surface area contributed by atoms with Crippen molar-refractivity contribution < 1.29 is 4.74 Å². The molecule has 0 aliphatic carbocycles. The summed E-state index contributed by atoms with van der Waals surface area (Å²) in [4.78, 5) is 9.16. The first kappa shape index (κ1) is 17.0. The molecule has 0 fully saturated rings. The zero-order valence-electron chi connectivity index (χ0n) is 15.4. The lowest BCUT2D eigenvalue weighted by Crippen LogP contribution is -2.02. The number of para-hydroxylation sites is 1. The van der Waals surface area contributed by atoms with Crippen molar-refractivity contribution in [2.24, 2.45) is 0 Å². The molecular formula is C21H21N5O. The van der Waals surface area contributed by atoms with Gasteiger partial charge in [-0.2, -0.15) is 5.10 Å². The molecule has 27 heavy (non-hydrogen) atoms. The monoisotopic (exact) mass is 359 g/mol. The number of aryl methyl sites for hydroxylation is 1. The van der Waals surface area contributed by atoms with Crippen molar-refractivity contribution in [2.45, 2.75) is 20.3 Å². The second-order valence-electron chi connectivity index (χ2n) is 6.25. The van der Waals surface area contributed by atoms with E-state index < -0.39 is 0 Å². The van der Waals surface area contributed by atoms with Gasteiger partial charge in [0.2, 0.25) is 0 Å². The van der Waals surface area contributed by atoms with E-state index in [1.165, 1.54) is 0 Å². The van der Waals surface area contributed by atoms with E-state index in [1.807, 2.05) is 66.2 Å². The van der Waals surface area contributed by atoms with Gasteiger partial charge < -0.3 is 10.1 Å². The Balaban J connectivity index is 1.67. The molecule has 0 aliphatic heterocycles. The first-order valence-corrected chi connectivity index (χ1v) is 9.02. The third kappa shape index (κ3) is 3.60. The quantitative estimate of drug-likeness (QED) is 0.542. The van der Waals surface area contributed by atoms with E-state index in [4.69, 9.17) is 4.74 Å². The number of hydrogen-bond acceptors (Lipinski definition) is 5. The normalized spacial score (nSPS) is 10.9. The Labute approximate surface area is 157 Å². The number of anilines is 2. The van der Waals surface area contributed by atoms with Crippen molar-refractivity contribution >= 4 is 22.5 Å². The van der Waals surface area contributed by atoms with Crippen molar-refractivity contribution in [1.29, 1.82) is 0 Å². The van der Waals surface area contributed by atoms with Gasteiger partial charge >= 0.3 is 0 Å². The molecule has 4 aromatic rings. The highest BCUT2D eigenvalue weighted by Crippen LogP contribution is 2.26. The second-order valence-corrected chi connectivity index (χ2v) is 6.25. The molecule has 0 unspecified atom stereocenters. The van der Waals surface area contributed by atoms with Crippen LogP contribution in [-0.4, -0.2) is 26.4 Å². The summed E-state index contributed by atoms with van der Waals surface area (Å²) in [5.74, 6) is 2.29. The molecule has 2 aromatic carbocycles. The molecule has 0 radical (unpaired) electrons. The van der Waals surface area contributed by atoms with E-state index in [0.717, 1.165) is 47.0 Å². The van der Waals surface area contributed by atoms with E-state index in [-0.39, 0.29) is 0 Å². The maximum Gasteiger partial charge on any atom is 0.168 e. The number of benzene rings is 2. The highest BCUT2D eigenvalue weighted by molar-refractivity contribution is 5.89. The Morgan fingerprint density at radius 1 is 1.00 bits per heavy atom. The van der Waals surface area contributed by atoms with Gasteiger partial charge in [-0.05, 0) is 49.7 Å². The van der Waals surface area contributed by atoms with Gasteiger partial charge in [0.05, 0.1) is 23.9 Å². The van der Waals surface area contributed by atoms with Crippen LogP contribution in [0.3, 0.4) is 0 Å².